The average Bonchev–Trinajstić information content (AvgIpc) is 3.01. The van der Waals surface area contributed by atoms with E-state index in [1.807, 2.05) is 30.7 Å². The lowest BCUT2D eigenvalue weighted by molar-refractivity contribution is 0.0780. The minimum Gasteiger partial charge on any atom is -0.459 e. The van der Waals surface area contributed by atoms with Gasteiger partial charge in [-0.2, -0.15) is 0 Å². The quantitative estimate of drug-likeness (QED) is 0.405. The first-order chi connectivity index (χ1) is 15.6. The van der Waals surface area contributed by atoms with Gasteiger partial charge in [-0.1, -0.05) is 54.6 Å². The van der Waals surface area contributed by atoms with Crippen molar-refractivity contribution in [2.75, 3.05) is 11.4 Å². The molecule has 0 aliphatic carbocycles. The number of aliphatic imine (C=N–C) groups is 1. The van der Waals surface area contributed by atoms with Crippen molar-refractivity contribution in [3.63, 3.8) is 0 Å². The summed E-state index contributed by atoms with van der Waals surface area (Å²) in [5, 5.41) is 2.13. The molecule has 0 saturated heterocycles. The van der Waals surface area contributed by atoms with Gasteiger partial charge in [0.05, 0.1) is 11.6 Å². The van der Waals surface area contributed by atoms with Crippen molar-refractivity contribution in [3.8, 4) is 5.75 Å². The number of rotatable bonds is 3. The van der Waals surface area contributed by atoms with Gasteiger partial charge < -0.3 is 9.64 Å². The van der Waals surface area contributed by atoms with Crippen molar-refractivity contribution in [1.82, 2.24) is 4.98 Å². The molecule has 0 N–H and O–H groups in total. The number of ether oxygens (including phenoxy) is 1. The Labute approximate surface area is 188 Å². The number of fused-ring (bicyclic) bond motifs is 4. The fourth-order valence-electron chi connectivity index (χ4n) is 5.22. The van der Waals surface area contributed by atoms with E-state index in [9.17, 15) is 0 Å². The molecular formula is C28H25N3O. The topological polar surface area (TPSA) is 37.7 Å². The Morgan fingerprint density at radius 3 is 2.59 bits per heavy atom. The molecule has 3 heterocycles. The zero-order chi connectivity index (χ0) is 21.8. The van der Waals surface area contributed by atoms with Crippen LogP contribution in [-0.4, -0.2) is 23.5 Å². The lowest BCUT2D eigenvalue weighted by Crippen LogP contribution is -2.62. The summed E-state index contributed by atoms with van der Waals surface area (Å²) in [6.07, 6.45) is 6.63. The molecule has 6 rings (SSSR count). The van der Waals surface area contributed by atoms with Crippen LogP contribution in [0.15, 0.2) is 90.2 Å². The van der Waals surface area contributed by atoms with E-state index in [1.54, 1.807) is 0 Å². The second-order valence-electron chi connectivity index (χ2n) is 9.10. The van der Waals surface area contributed by atoms with E-state index in [-0.39, 0.29) is 5.41 Å². The number of benzene rings is 3. The highest BCUT2D eigenvalue weighted by atomic mass is 16.5. The van der Waals surface area contributed by atoms with E-state index in [1.165, 1.54) is 16.8 Å². The average molecular weight is 420 g/mol. The summed E-state index contributed by atoms with van der Waals surface area (Å²) in [6.45, 7) is 5.35. The second kappa shape index (κ2) is 6.92. The first-order valence-electron chi connectivity index (χ1n) is 11.1. The minimum atomic E-state index is -0.700. The smallest absolute Gasteiger partial charge is 0.228 e. The highest BCUT2D eigenvalue weighted by Crippen LogP contribution is 2.54. The second-order valence-corrected chi connectivity index (χ2v) is 9.10. The van der Waals surface area contributed by atoms with Crippen LogP contribution < -0.4 is 9.64 Å². The van der Waals surface area contributed by atoms with Crippen LogP contribution in [0.2, 0.25) is 0 Å². The van der Waals surface area contributed by atoms with Crippen molar-refractivity contribution in [3.05, 3.63) is 96.3 Å². The monoisotopic (exact) mass is 419 g/mol. The maximum atomic E-state index is 6.94. The van der Waals surface area contributed by atoms with Gasteiger partial charge in [-0.05, 0) is 55.0 Å². The molecule has 4 nitrogen and oxygen atoms in total. The van der Waals surface area contributed by atoms with Crippen LogP contribution in [0.25, 0.3) is 10.8 Å². The van der Waals surface area contributed by atoms with Gasteiger partial charge in [-0.25, -0.2) is 0 Å². The van der Waals surface area contributed by atoms with Crippen LogP contribution >= 0.6 is 0 Å². The number of nitrogens with zero attached hydrogens (tertiary/aromatic N) is 3. The SMILES string of the molecule is CC1(C)c2ccccc2N(CCc2ccccc2)C12C=Nc1c(ccc3ccncc13)O2. The van der Waals surface area contributed by atoms with E-state index in [0.717, 1.165) is 35.2 Å². The van der Waals surface area contributed by atoms with Crippen molar-refractivity contribution in [1.29, 1.82) is 0 Å². The number of aromatic nitrogens is 1. The van der Waals surface area contributed by atoms with E-state index < -0.39 is 5.72 Å². The number of para-hydroxylation sites is 1. The Balaban J connectivity index is 1.47. The molecule has 158 valence electrons. The molecule has 0 saturated carbocycles. The van der Waals surface area contributed by atoms with Crippen molar-refractivity contribution >= 4 is 28.4 Å². The number of pyridine rings is 1. The first-order valence-corrected chi connectivity index (χ1v) is 11.1. The van der Waals surface area contributed by atoms with Gasteiger partial charge in [-0.3, -0.25) is 9.98 Å². The maximum absolute atomic E-state index is 6.94. The fourth-order valence-corrected chi connectivity index (χ4v) is 5.22. The van der Waals surface area contributed by atoms with E-state index in [2.05, 4.69) is 84.4 Å². The lowest BCUT2D eigenvalue weighted by atomic mass is 9.77. The van der Waals surface area contributed by atoms with Gasteiger partial charge in [0.15, 0.2) is 0 Å². The van der Waals surface area contributed by atoms with Crippen LogP contribution in [0.1, 0.15) is 25.0 Å². The molecule has 2 aliphatic rings. The van der Waals surface area contributed by atoms with Crippen LogP contribution in [0, 0.1) is 0 Å². The number of hydrogen-bond acceptors (Lipinski definition) is 4. The van der Waals surface area contributed by atoms with Crippen LogP contribution in [0.3, 0.4) is 0 Å². The summed E-state index contributed by atoms with van der Waals surface area (Å²) >= 11 is 0. The molecule has 0 bridgehead atoms. The predicted molar refractivity (Wildman–Crippen MR) is 130 cm³/mol. The highest BCUT2D eigenvalue weighted by Gasteiger charge is 2.59. The molecule has 0 amide bonds. The van der Waals surface area contributed by atoms with Gasteiger partial charge in [0, 0.05) is 30.0 Å². The first kappa shape index (κ1) is 19.1. The van der Waals surface area contributed by atoms with Crippen molar-refractivity contribution < 1.29 is 4.74 Å². The molecule has 0 fully saturated rings. The van der Waals surface area contributed by atoms with Crippen molar-refractivity contribution in [2.24, 2.45) is 4.99 Å². The molecule has 1 aromatic heterocycles. The molecule has 0 radical (unpaired) electrons. The Hall–Kier alpha value is -3.66. The Morgan fingerprint density at radius 1 is 0.906 bits per heavy atom. The Morgan fingerprint density at radius 2 is 1.72 bits per heavy atom. The molecule has 4 aromatic rings. The van der Waals surface area contributed by atoms with Crippen LogP contribution in [0.4, 0.5) is 11.4 Å². The van der Waals surface area contributed by atoms with E-state index in [4.69, 9.17) is 9.73 Å². The summed E-state index contributed by atoms with van der Waals surface area (Å²) < 4.78 is 6.94. The third kappa shape index (κ3) is 2.62. The minimum absolute atomic E-state index is 0.286. The van der Waals surface area contributed by atoms with E-state index >= 15 is 0 Å². The molecular weight excluding hydrogens is 394 g/mol. The summed E-state index contributed by atoms with van der Waals surface area (Å²) in [7, 11) is 0. The molecule has 1 unspecified atom stereocenters. The van der Waals surface area contributed by atoms with Gasteiger partial charge in [0.2, 0.25) is 5.72 Å². The van der Waals surface area contributed by atoms with Crippen LogP contribution in [-0.2, 0) is 11.8 Å². The molecule has 1 atom stereocenters. The fraction of sp³-hybridized carbons (Fsp3) is 0.214. The number of hydrogen-bond donors (Lipinski definition) is 0. The zero-order valence-corrected chi connectivity index (χ0v) is 18.3. The van der Waals surface area contributed by atoms with Gasteiger partial charge in [0.25, 0.3) is 0 Å². The molecule has 4 heteroatoms. The van der Waals surface area contributed by atoms with Gasteiger partial charge in [0.1, 0.15) is 11.4 Å². The number of anilines is 1. The highest BCUT2D eigenvalue weighted by molar-refractivity contribution is 5.99. The Bertz CT molecular complexity index is 1350. The van der Waals surface area contributed by atoms with Crippen LogP contribution in [0.5, 0.6) is 5.75 Å². The molecule has 1 spiro atoms. The van der Waals surface area contributed by atoms with Gasteiger partial charge >= 0.3 is 0 Å². The largest absolute Gasteiger partial charge is 0.459 e. The lowest BCUT2D eigenvalue weighted by Gasteiger charge is -2.46. The molecule has 32 heavy (non-hydrogen) atoms. The summed E-state index contributed by atoms with van der Waals surface area (Å²) in [4.78, 5) is 11.7. The third-order valence-corrected chi connectivity index (χ3v) is 7.02. The molecule has 3 aromatic carbocycles. The zero-order valence-electron chi connectivity index (χ0n) is 18.3. The normalized spacial score (nSPS) is 20.2. The summed E-state index contributed by atoms with van der Waals surface area (Å²) in [5.74, 6) is 0.804. The third-order valence-electron chi connectivity index (χ3n) is 7.02. The summed E-state index contributed by atoms with van der Waals surface area (Å²) in [6, 6.07) is 25.4. The molecule has 2 aliphatic heterocycles. The standard InChI is InChI=1S/C28H25N3O/c1-27(2)23-10-6-7-11-24(23)31(17-15-20-8-4-3-5-9-20)28(27)19-30-26-22-18-29-16-14-21(22)12-13-25(26)32-28/h3-14,16,18-19H,15,17H2,1-2H3. The summed E-state index contributed by atoms with van der Waals surface area (Å²) in [5.41, 5.74) is 3.68. The van der Waals surface area contributed by atoms with Crippen molar-refractivity contribution in [2.45, 2.75) is 31.4 Å². The van der Waals surface area contributed by atoms with Gasteiger partial charge in [-0.15, -0.1) is 0 Å². The van der Waals surface area contributed by atoms with E-state index in [0.29, 0.717) is 0 Å². The Kier molecular flexibility index (Phi) is 4.12. The maximum Gasteiger partial charge on any atom is 0.228 e. The predicted octanol–water partition coefficient (Wildman–Crippen LogP) is 6.07.